The van der Waals surface area contributed by atoms with Gasteiger partial charge in [0.1, 0.15) is 0 Å². The van der Waals surface area contributed by atoms with Crippen molar-refractivity contribution in [3.63, 3.8) is 0 Å². The van der Waals surface area contributed by atoms with Crippen LogP contribution >= 0.6 is 0 Å². The smallest absolute Gasteiger partial charge is 0.294 e. The van der Waals surface area contributed by atoms with E-state index < -0.39 is 51.6 Å². The van der Waals surface area contributed by atoms with Crippen LogP contribution in [-0.4, -0.2) is 34.7 Å². The van der Waals surface area contributed by atoms with E-state index in [2.05, 4.69) is 0 Å². The Morgan fingerprint density at radius 3 is 1.56 bits per heavy atom. The van der Waals surface area contributed by atoms with E-state index in [0.717, 1.165) is 6.92 Å². The fourth-order valence-electron chi connectivity index (χ4n) is 1.27. The van der Waals surface area contributed by atoms with Gasteiger partial charge in [0.25, 0.3) is 20.2 Å². The normalized spacial score (nSPS) is 14.4. The lowest BCUT2D eigenvalue weighted by Gasteiger charge is -2.09. The molecule has 0 amide bonds. The van der Waals surface area contributed by atoms with E-state index in [1.54, 1.807) is 0 Å². The summed E-state index contributed by atoms with van der Waals surface area (Å²) in [5.74, 6) is 0. The second-order valence-corrected chi connectivity index (χ2v) is 6.99. The maximum atomic E-state index is 11.0. The van der Waals surface area contributed by atoms with Crippen molar-refractivity contribution in [3.8, 4) is 0 Å². The van der Waals surface area contributed by atoms with Gasteiger partial charge in [-0.2, -0.15) is 16.8 Å². The molecule has 1 unspecified atom stereocenters. The predicted octanol–water partition coefficient (Wildman–Crippen LogP) is 0.0690. The molecule has 0 spiro atoms. The largest absolute Gasteiger partial charge is 0.302 e. The summed E-state index contributed by atoms with van der Waals surface area (Å²) in [6.07, 6.45) is 0. The highest BCUT2D eigenvalue weighted by atomic mass is 32.2. The Bertz CT molecular complexity index is 662. The average molecular weight is 316 g/mol. The highest BCUT2D eigenvalue weighted by Gasteiger charge is 2.24. The Labute approximate surface area is 105 Å². The van der Waals surface area contributed by atoms with Gasteiger partial charge in [-0.25, -0.2) is 4.21 Å². The summed E-state index contributed by atoms with van der Waals surface area (Å²) in [5, 5.41) is 0. The van der Waals surface area contributed by atoms with Gasteiger partial charge in [-0.05, 0) is 24.6 Å². The van der Waals surface area contributed by atoms with Gasteiger partial charge in [0, 0.05) is 0 Å². The molecule has 0 aromatic heterocycles. The minimum absolute atomic E-state index is 0.450. The molecule has 0 saturated carbocycles. The van der Waals surface area contributed by atoms with Gasteiger partial charge in [0.05, 0.1) is 14.7 Å². The van der Waals surface area contributed by atoms with Crippen LogP contribution in [-0.2, 0) is 31.3 Å². The maximum absolute atomic E-state index is 11.0. The Morgan fingerprint density at radius 1 is 1.00 bits per heavy atom. The van der Waals surface area contributed by atoms with Gasteiger partial charge in [-0.1, -0.05) is 0 Å². The molecule has 8 nitrogen and oxygen atoms in total. The summed E-state index contributed by atoms with van der Waals surface area (Å²) in [6.45, 7) is 1.02. The molecule has 1 atom stereocenters. The molecular formula is C7H8O8S3. The maximum Gasteiger partial charge on any atom is 0.294 e. The fraction of sp³-hybridized carbons (Fsp3) is 0.143. The first kappa shape index (κ1) is 15.2. The number of rotatable bonds is 3. The number of hydrogen-bond donors (Lipinski definition) is 3. The molecule has 1 aromatic rings. The molecule has 0 aliphatic rings. The number of hydrogen-bond acceptors (Lipinski definition) is 5. The minimum Gasteiger partial charge on any atom is -0.302 e. The second kappa shape index (κ2) is 4.68. The van der Waals surface area contributed by atoms with E-state index >= 15 is 0 Å². The van der Waals surface area contributed by atoms with E-state index in [1.165, 1.54) is 0 Å². The second-order valence-electron chi connectivity index (χ2n) is 3.24. The molecule has 0 saturated heterocycles. The quantitative estimate of drug-likeness (QED) is 0.524. The summed E-state index contributed by atoms with van der Waals surface area (Å²) < 4.78 is 81.4. The third-order valence-corrected chi connectivity index (χ3v) is 4.64. The van der Waals surface area contributed by atoms with Gasteiger partial charge in [0.15, 0.2) is 11.1 Å². The van der Waals surface area contributed by atoms with Crippen molar-refractivity contribution in [1.82, 2.24) is 0 Å². The van der Waals surface area contributed by atoms with Crippen molar-refractivity contribution in [2.24, 2.45) is 0 Å². The molecule has 3 N–H and O–H groups in total. The Kier molecular flexibility index (Phi) is 3.95. The van der Waals surface area contributed by atoms with E-state index in [4.69, 9.17) is 13.7 Å². The van der Waals surface area contributed by atoms with Crippen molar-refractivity contribution in [2.75, 3.05) is 0 Å². The fourth-order valence-corrected chi connectivity index (χ4v) is 3.47. The van der Waals surface area contributed by atoms with E-state index in [-0.39, 0.29) is 0 Å². The van der Waals surface area contributed by atoms with Crippen molar-refractivity contribution >= 4 is 31.3 Å². The van der Waals surface area contributed by atoms with Crippen molar-refractivity contribution in [1.29, 1.82) is 0 Å². The third-order valence-electron chi connectivity index (χ3n) is 2.04. The van der Waals surface area contributed by atoms with Gasteiger partial charge in [-0.3, -0.25) is 9.11 Å². The van der Waals surface area contributed by atoms with Crippen LogP contribution in [0.4, 0.5) is 0 Å². The monoisotopic (exact) mass is 316 g/mol. The predicted molar refractivity (Wildman–Crippen MR) is 59.8 cm³/mol. The molecule has 1 rings (SSSR count). The highest BCUT2D eigenvalue weighted by Crippen LogP contribution is 2.26. The first-order chi connectivity index (χ1) is 7.94. The Balaban J connectivity index is 3.87. The van der Waals surface area contributed by atoms with E-state index in [1.807, 2.05) is 0 Å². The van der Waals surface area contributed by atoms with Crippen LogP contribution in [0.5, 0.6) is 0 Å². The van der Waals surface area contributed by atoms with Crippen LogP contribution in [0.15, 0.2) is 26.8 Å². The summed E-state index contributed by atoms with van der Waals surface area (Å²) in [6, 6.07) is 1.30. The first-order valence-corrected chi connectivity index (χ1v) is 8.13. The molecule has 0 aliphatic heterocycles. The van der Waals surface area contributed by atoms with Crippen LogP contribution < -0.4 is 0 Å². The summed E-state index contributed by atoms with van der Waals surface area (Å²) in [4.78, 5) is -2.31. The lowest BCUT2D eigenvalue weighted by atomic mass is 10.2. The zero-order valence-electron chi connectivity index (χ0n) is 8.76. The van der Waals surface area contributed by atoms with Gasteiger partial charge >= 0.3 is 0 Å². The van der Waals surface area contributed by atoms with Gasteiger partial charge in [0.2, 0.25) is 0 Å². The molecule has 18 heavy (non-hydrogen) atoms. The molecule has 11 heteroatoms. The van der Waals surface area contributed by atoms with Crippen molar-refractivity contribution in [3.05, 3.63) is 17.7 Å². The molecule has 0 bridgehead atoms. The van der Waals surface area contributed by atoms with E-state index in [9.17, 15) is 21.0 Å². The molecule has 102 valence electrons. The van der Waals surface area contributed by atoms with Gasteiger partial charge in [-0.15, -0.1) is 0 Å². The average Bonchev–Trinajstić information content (AvgIpc) is 2.13. The van der Waals surface area contributed by atoms with Gasteiger partial charge < -0.3 is 4.55 Å². The van der Waals surface area contributed by atoms with Crippen LogP contribution in [0.25, 0.3) is 0 Å². The molecule has 0 fully saturated rings. The van der Waals surface area contributed by atoms with Crippen LogP contribution in [0, 0.1) is 6.92 Å². The summed E-state index contributed by atoms with van der Waals surface area (Å²) in [5.41, 5.74) is -0.450. The zero-order chi connectivity index (χ0) is 14.3. The molecule has 0 aliphatic carbocycles. The summed E-state index contributed by atoms with van der Waals surface area (Å²) >= 11 is -2.68. The minimum atomic E-state index is -4.79. The summed E-state index contributed by atoms with van der Waals surface area (Å²) in [7, 11) is -9.59. The standard InChI is InChI=1S/C7H8O8S3/c1-4-6(17(10,11)12)2-5(16(8)9)3-7(4)18(13,14)15/h2-3H,1H3,(H,8,9)(H,10,11,12)(H,13,14,15). The lowest BCUT2D eigenvalue weighted by Crippen LogP contribution is -2.09. The van der Waals surface area contributed by atoms with Crippen LogP contribution in [0.3, 0.4) is 0 Å². The van der Waals surface area contributed by atoms with E-state index in [0.29, 0.717) is 12.1 Å². The molecule has 1 aromatic carbocycles. The van der Waals surface area contributed by atoms with Crippen LogP contribution in [0.2, 0.25) is 0 Å². The lowest BCUT2D eigenvalue weighted by molar-refractivity contribution is 0.479. The third kappa shape index (κ3) is 3.13. The molecular weight excluding hydrogens is 308 g/mol. The number of benzene rings is 1. The Hall–Kier alpha value is -0.850. The Morgan fingerprint density at radius 2 is 1.33 bits per heavy atom. The van der Waals surface area contributed by atoms with Crippen molar-refractivity contribution in [2.45, 2.75) is 21.6 Å². The highest BCUT2D eigenvalue weighted by molar-refractivity contribution is 7.87. The molecule has 0 radical (unpaired) electrons. The van der Waals surface area contributed by atoms with Crippen molar-refractivity contribution < 1.29 is 34.7 Å². The molecule has 0 heterocycles. The SMILES string of the molecule is Cc1c(S(=O)(=O)O)cc(S(=O)O)cc1S(=O)(=O)O. The zero-order valence-corrected chi connectivity index (χ0v) is 11.2. The van der Waals surface area contributed by atoms with Crippen LogP contribution in [0.1, 0.15) is 5.56 Å². The first-order valence-electron chi connectivity index (χ1n) is 4.15. The topological polar surface area (TPSA) is 146 Å².